The maximum Gasteiger partial charge on any atom is 0.233 e. The average Bonchev–Trinajstić information content (AvgIpc) is 3.22. The van der Waals surface area contributed by atoms with Crippen molar-refractivity contribution in [1.29, 1.82) is 0 Å². The van der Waals surface area contributed by atoms with E-state index in [1.807, 2.05) is 61.5 Å². The molecule has 1 amide bonds. The number of fused-ring (bicyclic) bond motifs is 1. The second kappa shape index (κ2) is 11.3. The molecule has 0 fully saturated rings. The van der Waals surface area contributed by atoms with Gasteiger partial charge in [0.1, 0.15) is 0 Å². The summed E-state index contributed by atoms with van der Waals surface area (Å²) in [5.41, 5.74) is 3.85. The smallest absolute Gasteiger partial charge is 0.233 e. The summed E-state index contributed by atoms with van der Waals surface area (Å²) in [6, 6.07) is 23.0. The average molecular weight is 530 g/mol. The van der Waals surface area contributed by atoms with Crippen molar-refractivity contribution < 1.29 is 13.2 Å². The fraction of sp³-hybridized carbons (Fsp3) is 0.231. The van der Waals surface area contributed by atoms with E-state index in [-0.39, 0.29) is 29.6 Å². The highest BCUT2D eigenvalue weighted by Crippen LogP contribution is 2.31. The molecule has 184 valence electrons. The van der Waals surface area contributed by atoms with Crippen LogP contribution in [0.25, 0.3) is 21.3 Å². The molecule has 0 atom stereocenters. The van der Waals surface area contributed by atoms with Gasteiger partial charge in [0.25, 0.3) is 0 Å². The van der Waals surface area contributed by atoms with Crippen LogP contribution in [0.2, 0.25) is 0 Å². The maximum atomic E-state index is 13.4. The molecule has 4 rings (SSSR count). The van der Waals surface area contributed by atoms with Gasteiger partial charge in [-0.2, -0.15) is 0 Å². The first-order valence-electron chi connectivity index (χ1n) is 10.9. The molecule has 0 saturated heterocycles. The van der Waals surface area contributed by atoms with Crippen LogP contribution >= 0.6 is 23.7 Å². The Morgan fingerprint density at radius 3 is 2.20 bits per heavy atom. The molecular formula is C26H28ClN3O3S2. The molecule has 0 N–H and O–H groups in total. The molecule has 4 aromatic rings. The van der Waals surface area contributed by atoms with Crippen molar-refractivity contribution in [2.45, 2.75) is 11.3 Å². The Kier molecular flexibility index (Phi) is 8.66. The topological polar surface area (TPSA) is 70.6 Å². The summed E-state index contributed by atoms with van der Waals surface area (Å²) in [6.07, 6.45) is 1.44. The van der Waals surface area contributed by atoms with Crippen molar-refractivity contribution in [3.63, 3.8) is 0 Å². The molecule has 0 radical (unpaired) electrons. The number of aromatic nitrogens is 1. The summed E-state index contributed by atoms with van der Waals surface area (Å²) < 4.78 is 24.6. The Bertz CT molecular complexity index is 1400. The molecule has 0 unspecified atom stereocenters. The van der Waals surface area contributed by atoms with Crippen molar-refractivity contribution in [1.82, 2.24) is 9.88 Å². The molecule has 3 aromatic carbocycles. The molecule has 1 aromatic heterocycles. The predicted octanol–water partition coefficient (Wildman–Crippen LogP) is 4.93. The predicted molar refractivity (Wildman–Crippen MR) is 146 cm³/mol. The van der Waals surface area contributed by atoms with Gasteiger partial charge in [-0.3, -0.25) is 9.69 Å². The molecule has 6 nitrogen and oxygen atoms in total. The number of rotatable bonds is 8. The number of likely N-dealkylation sites (N-methyl/N-ethyl adjacent to an activating group) is 1. The number of hydrogen-bond donors (Lipinski definition) is 0. The first kappa shape index (κ1) is 26.8. The molecule has 0 spiro atoms. The summed E-state index contributed by atoms with van der Waals surface area (Å²) in [5, 5.41) is 0.577. The van der Waals surface area contributed by atoms with Crippen molar-refractivity contribution >= 4 is 54.8 Å². The highest BCUT2D eigenvalue weighted by molar-refractivity contribution is 7.90. The van der Waals surface area contributed by atoms with Crippen LogP contribution in [0, 0.1) is 0 Å². The van der Waals surface area contributed by atoms with Crippen LogP contribution in [0.5, 0.6) is 0 Å². The summed E-state index contributed by atoms with van der Waals surface area (Å²) in [4.78, 5) is 22.0. The largest absolute Gasteiger partial charge is 0.308 e. The number of amides is 1. The number of halogens is 1. The molecule has 0 aliphatic carbocycles. The lowest BCUT2D eigenvalue weighted by atomic mass is 10.0. The monoisotopic (exact) mass is 529 g/mol. The summed E-state index contributed by atoms with van der Waals surface area (Å²) in [7, 11) is 0.604. The van der Waals surface area contributed by atoms with Crippen molar-refractivity contribution in [3.05, 3.63) is 78.4 Å². The minimum absolute atomic E-state index is 0. The van der Waals surface area contributed by atoms with E-state index in [1.165, 1.54) is 17.6 Å². The third kappa shape index (κ3) is 6.67. The minimum Gasteiger partial charge on any atom is -0.308 e. The lowest BCUT2D eigenvalue weighted by Crippen LogP contribution is -2.37. The summed E-state index contributed by atoms with van der Waals surface area (Å²) >= 11 is 1.34. The quantitative estimate of drug-likeness (QED) is 0.324. The molecule has 0 aliphatic heterocycles. The molecule has 9 heteroatoms. The second-order valence-electron chi connectivity index (χ2n) is 8.49. The minimum atomic E-state index is -3.32. The number of carbonyl (C=O) groups is 1. The van der Waals surface area contributed by atoms with E-state index in [0.29, 0.717) is 23.7 Å². The van der Waals surface area contributed by atoms with Crippen LogP contribution in [0.4, 0.5) is 5.13 Å². The van der Waals surface area contributed by atoms with Gasteiger partial charge >= 0.3 is 0 Å². The van der Waals surface area contributed by atoms with Crippen LogP contribution in [0.1, 0.15) is 5.56 Å². The Morgan fingerprint density at radius 1 is 0.914 bits per heavy atom. The summed E-state index contributed by atoms with van der Waals surface area (Å²) in [5.74, 6) is -0.0447. The van der Waals surface area contributed by atoms with Crippen molar-refractivity contribution in [2.75, 3.05) is 38.3 Å². The van der Waals surface area contributed by atoms with E-state index in [2.05, 4.69) is 17.1 Å². The van der Waals surface area contributed by atoms with Gasteiger partial charge < -0.3 is 4.90 Å². The number of hydrogen-bond acceptors (Lipinski definition) is 6. The molecule has 0 saturated carbocycles. The normalized spacial score (nSPS) is 11.4. The fourth-order valence-corrected chi connectivity index (χ4v) is 5.35. The molecular weight excluding hydrogens is 502 g/mol. The van der Waals surface area contributed by atoms with Crippen LogP contribution in [0.3, 0.4) is 0 Å². The third-order valence-electron chi connectivity index (χ3n) is 5.50. The van der Waals surface area contributed by atoms with Crippen LogP contribution in [-0.4, -0.2) is 57.6 Å². The second-order valence-corrected chi connectivity index (χ2v) is 11.5. The maximum absolute atomic E-state index is 13.4. The number of benzene rings is 3. The highest BCUT2D eigenvalue weighted by Gasteiger charge is 2.21. The standard InChI is InChI=1S/C26H27N3O3S2.ClH/c1-28(2)15-16-29(26-27-23-14-13-22(34(3,31)32)18-24(23)33-26)25(30)17-19-9-11-21(12-10-19)20-7-5-4-6-8-20;/h4-14,18H,15-17H2,1-3H3;1H. The Labute approximate surface area is 216 Å². The Morgan fingerprint density at radius 2 is 1.57 bits per heavy atom. The molecule has 35 heavy (non-hydrogen) atoms. The molecule has 0 aliphatic rings. The number of anilines is 1. The van der Waals surface area contributed by atoms with Gasteiger partial charge in [0.05, 0.1) is 21.5 Å². The number of carbonyl (C=O) groups excluding carboxylic acids is 1. The van der Waals surface area contributed by atoms with Gasteiger partial charge in [-0.25, -0.2) is 13.4 Å². The van der Waals surface area contributed by atoms with Crippen LogP contribution in [0.15, 0.2) is 77.7 Å². The van der Waals surface area contributed by atoms with Gasteiger partial charge in [0.2, 0.25) is 5.91 Å². The Balaban J connectivity index is 0.00000342. The van der Waals surface area contributed by atoms with Crippen LogP contribution < -0.4 is 4.90 Å². The lowest BCUT2D eigenvalue weighted by Gasteiger charge is -2.22. The van der Waals surface area contributed by atoms with Gasteiger partial charge in [0, 0.05) is 19.3 Å². The number of thiazole rings is 1. The molecule has 1 heterocycles. The van der Waals surface area contributed by atoms with E-state index in [0.717, 1.165) is 21.4 Å². The van der Waals surface area contributed by atoms with E-state index < -0.39 is 9.84 Å². The fourth-order valence-electron chi connectivity index (χ4n) is 3.58. The zero-order valence-electron chi connectivity index (χ0n) is 19.8. The number of sulfone groups is 1. The van der Waals surface area contributed by atoms with E-state index >= 15 is 0 Å². The number of nitrogens with zero attached hydrogens (tertiary/aromatic N) is 3. The van der Waals surface area contributed by atoms with E-state index in [9.17, 15) is 13.2 Å². The van der Waals surface area contributed by atoms with Gasteiger partial charge in [-0.05, 0) is 49.0 Å². The van der Waals surface area contributed by atoms with E-state index in [4.69, 9.17) is 0 Å². The molecule has 0 bridgehead atoms. The SMILES string of the molecule is CN(C)CCN(C(=O)Cc1ccc(-c2ccccc2)cc1)c1nc2ccc(S(C)(=O)=O)cc2s1.Cl. The van der Waals surface area contributed by atoms with Gasteiger partial charge in [-0.15, -0.1) is 12.4 Å². The Hall–Kier alpha value is -2.78. The summed E-state index contributed by atoms with van der Waals surface area (Å²) in [6.45, 7) is 1.18. The highest BCUT2D eigenvalue weighted by atomic mass is 35.5. The van der Waals surface area contributed by atoms with Crippen molar-refractivity contribution in [2.24, 2.45) is 0 Å². The van der Waals surface area contributed by atoms with Gasteiger partial charge in [0.15, 0.2) is 15.0 Å². The lowest BCUT2D eigenvalue weighted by molar-refractivity contribution is -0.118. The third-order valence-corrected chi connectivity index (χ3v) is 7.65. The first-order valence-corrected chi connectivity index (χ1v) is 13.6. The van der Waals surface area contributed by atoms with Gasteiger partial charge in [-0.1, -0.05) is 65.9 Å². The van der Waals surface area contributed by atoms with Crippen LogP contribution in [-0.2, 0) is 21.1 Å². The van der Waals surface area contributed by atoms with E-state index in [1.54, 1.807) is 23.1 Å². The van der Waals surface area contributed by atoms with Crippen molar-refractivity contribution in [3.8, 4) is 11.1 Å². The zero-order valence-corrected chi connectivity index (χ0v) is 22.3. The first-order chi connectivity index (χ1) is 16.2. The zero-order chi connectivity index (χ0) is 24.3.